The lowest BCUT2D eigenvalue weighted by Crippen LogP contribution is -2.49. The highest BCUT2D eigenvalue weighted by Crippen LogP contribution is 2.19. The van der Waals surface area contributed by atoms with Crippen molar-refractivity contribution in [3.8, 4) is 0 Å². The number of piperazine rings is 1. The molecule has 1 aliphatic heterocycles. The second kappa shape index (κ2) is 6.84. The number of hydrogen-bond acceptors (Lipinski definition) is 5. The molecule has 2 aromatic rings. The zero-order chi connectivity index (χ0) is 18.0. The SMILES string of the molecule is Cc1ccc(S(C)(=O)=O)cc1C(=O)N1CCN(c2ccccn2)CC1. The van der Waals surface area contributed by atoms with Crippen molar-refractivity contribution in [3.63, 3.8) is 0 Å². The predicted octanol–water partition coefficient (Wildman–Crippen LogP) is 1.76. The van der Waals surface area contributed by atoms with E-state index in [4.69, 9.17) is 0 Å². The largest absolute Gasteiger partial charge is 0.353 e. The molecule has 1 aromatic carbocycles. The third-order valence-electron chi connectivity index (χ3n) is 4.41. The topological polar surface area (TPSA) is 70.6 Å². The molecule has 1 aromatic heterocycles. The van der Waals surface area contributed by atoms with Crippen LogP contribution in [0.2, 0.25) is 0 Å². The van der Waals surface area contributed by atoms with Crippen molar-refractivity contribution in [1.29, 1.82) is 0 Å². The smallest absolute Gasteiger partial charge is 0.254 e. The van der Waals surface area contributed by atoms with Crippen LogP contribution < -0.4 is 4.90 Å². The molecule has 0 radical (unpaired) electrons. The number of aromatic nitrogens is 1. The Morgan fingerprint density at radius 1 is 1.08 bits per heavy atom. The number of sulfone groups is 1. The van der Waals surface area contributed by atoms with Crippen LogP contribution in [0.4, 0.5) is 5.82 Å². The standard InChI is InChI=1S/C18H21N3O3S/c1-14-6-7-15(25(2,23)24)13-16(14)18(22)21-11-9-20(10-12-21)17-5-3-4-8-19-17/h3-8,13H,9-12H2,1-2H3. The molecule has 1 saturated heterocycles. The molecule has 3 rings (SSSR count). The second-order valence-electron chi connectivity index (χ2n) is 6.22. The predicted molar refractivity (Wildman–Crippen MR) is 96.6 cm³/mol. The molecule has 0 aliphatic carbocycles. The Kier molecular flexibility index (Phi) is 4.76. The summed E-state index contributed by atoms with van der Waals surface area (Å²) in [6.45, 7) is 4.39. The van der Waals surface area contributed by atoms with Gasteiger partial charge in [0.25, 0.3) is 5.91 Å². The molecule has 7 heteroatoms. The maximum Gasteiger partial charge on any atom is 0.254 e. The van der Waals surface area contributed by atoms with Gasteiger partial charge in [-0.25, -0.2) is 13.4 Å². The van der Waals surface area contributed by atoms with Gasteiger partial charge in [-0.2, -0.15) is 0 Å². The molecule has 25 heavy (non-hydrogen) atoms. The van der Waals surface area contributed by atoms with E-state index in [-0.39, 0.29) is 10.8 Å². The molecular weight excluding hydrogens is 338 g/mol. The van der Waals surface area contributed by atoms with Crippen molar-refractivity contribution in [2.45, 2.75) is 11.8 Å². The number of benzene rings is 1. The van der Waals surface area contributed by atoms with E-state index in [1.165, 1.54) is 6.07 Å². The Balaban J connectivity index is 1.75. The van der Waals surface area contributed by atoms with Gasteiger partial charge in [0.05, 0.1) is 4.90 Å². The van der Waals surface area contributed by atoms with Crippen LogP contribution in [-0.4, -0.2) is 56.6 Å². The molecule has 1 amide bonds. The summed E-state index contributed by atoms with van der Waals surface area (Å²) in [5, 5.41) is 0. The minimum atomic E-state index is -3.34. The lowest BCUT2D eigenvalue weighted by atomic mass is 10.1. The van der Waals surface area contributed by atoms with Gasteiger partial charge in [-0.15, -0.1) is 0 Å². The van der Waals surface area contributed by atoms with Crippen LogP contribution in [0.25, 0.3) is 0 Å². The zero-order valence-electron chi connectivity index (χ0n) is 14.3. The molecule has 2 heterocycles. The van der Waals surface area contributed by atoms with Crippen molar-refractivity contribution in [2.75, 3.05) is 37.3 Å². The van der Waals surface area contributed by atoms with Crippen molar-refractivity contribution in [3.05, 3.63) is 53.7 Å². The fourth-order valence-corrected chi connectivity index (χ4v) is 3.56. The highest BCUT2D eigenvalue weighted by Gasteiger charge is 2.24. The van der Waals surface area contributed by atoms with Crippen molar-refractivity contribution in [1.82, 2.24) is 9.88 Å². The molecule has 0 atom stereocenters. The number of aryl methyl sites for hydroxylation is 1. The highest BCUT2D eigenvalue weighted by atomic mass is 32.2. The second-order valence-corrected chi connectivity index (χ2v) is 8.23. The molecule has 6 nitrogen and oxygen atoms in total. The summed E-state index contributed by atoms with van der Waals surface area (Å²) in [5.74, 6) is 0.786. The van der Waals surface area contributed by atoms with E-state index in [0.717, 1.165) is 17.6 Å². The number of carbonyl (C=O) groups excluding carboxylic acids is 1. The van der Waals surface area contributed by atoms with Gasteiger partial charge in [0.1, 0.15) is 5.82 Å². The Bertz CT molecular complexity index is 874. The van der Waals surface area contributed by atoms with Crippen LogP contribution >= 0.6 is 0 Å². The number of pyridine rings is 1. The van der Waals surface area contributed by atoms with Gasteiger partial charge >= 0.3 is 0 Å². The summed E-state index contributed by atoms with van der Waals surface area (Å²) >= 11 is 0. The maximum atomic E-state index is 12.8. The maximum absolute atomic E-state index is 12.8. The van der Waals surface area contributed by atoms with Gasteiger partial charge in [-0.1, -0.05) is 12.1 Å². The summed E-state index contributed by atoms with van der Waals surface area (Å²) in [4.78, 5) is 21.3. The summed E-state index contributed by atoms with van der Waals surface area (Å²) in [6.07, 6.45) is 2.91. The molecule has 1 aliphatic rings. The number of rotatable bonds is 3. The van der Waals surface area contributed by atoms with Crippen LogP contribution in [0.3, 0.4) is 0 Å². The summed E-state index contributed by atoms with van der Waals surface area (Å²) < 4.78 is 23.5. The monoisotopic (exact) mass is 359 g/mol. The fourth-order valence-electron chi connectivity index (χ4n) is 2.91. The molecule has 132 valence electrons. The van der Waals surface area contributed by atoms with Gasteiger partial charge in [0, 0.05) is 44.2 Å². The first kappa shape index (κ1) is 17.4. The highest BCUT2D eigenvalue weighted by molar-refractivity contribution is 7.90. The average molecular weight is 359 g/mol. The van der Waals surface area contributed by atoms with Crippen molar-refractivity contribution >= 4 is 21.6 Å². The van der Waals surface area contributed by atoms with E-state index in [2.05, 4.69) is 9.88 Å². The lowest BCUT2D eigenvalue weighted by molar-refractivity contribution is 0.0745. The van der Waals surface area contributed by atoms with Gasteiger partial charge < -0.3 is 9.80 Å². The number of amides is 1. The molecule has 0 spiro atoms. The summed E-state index contributed by atoms with van der Waals surface area (Å²) in [5.41, 5.74) is 1.23. The van der Waals surface area contributed by atoms with E-state index < -0.39 is 9.84 Å². The average Bonchev–Trinajstić information content (AvgIpc) is 2.61. The first-order valence-corrected chi connectivity index (χ1v) is 10.0. The van der Waals surface area contributed by atoms with E-state index in [9.17, 15) is 13.2 Å². The fraction of sp³-hybridized carbons (Fsp3) is 0.333. The van der Waals surface area contributed by atoms with Gasteiger partial charge in [0.15, 0.2) is 9.84 Å². The third kappa shape index (κ3) is 3.82. The van der Waals surface area contributed by atoms with Crippen LogP contribution in [-0.2, 0) is 9.84 Å². The van der Waals surface area contributed by atoms with Crippen LogP contribution in [0.15, 0.2) is 47.5 Å². The van der Waals surface area contributed by atoms with Gasteiger partial charge in [-0.3, -0.25) is 4.79 Å². The summed E-state index contributed by atoms with van der Waals surface area (Å²) in [6, 6.07) is 10.5. The first-order valence-electron chi connectivity index (χ1n) is 8.12. The van der Waals surface area contributed by atoms with Gasteiger partial charge in [-0.05, 0) is 36.8 Å². The quantitative estimate of drug-likeness (QED) is 0.835. The minimum absolute atomic E-state index is 0.122. The van der Waals surface area contributed by atoms with E-state index in [1.54, 1.807) is 23.2 Å². The molecular formula is C18H21N3O3S. The Morgan fingerprint density at radius 3 is 2.40 bits per heavy atom. The van der Waals surface area contributed by atoms with E-state index >= 15 is 0 Å². The Hall–Kier alpha value is -2.41. The number of hydrogen-bond donors (Lipinski definition) is 0. The normalized spacial score (nSPS) is 15.3. The number of nitrogens with zero attached hydrogens (tertiary/aromatic N) is 3. The first-order chi connectivity index (χ1) is 11.9. The lowest BCUT2D eigenvalue weighted by Gasteiger charge is -2.35. The molecule has 0 bridgehead atoms. The summed E-state index contributed by atoms with van der Waals surface area (Å²) in [7, 11) is -3.34. The number of anilines is 1. The minimum Gasteiger partial charge on any atom is -0.353 e. The van der Waals surface area contributed by atoms with E-state index in [0.29, 0.717) is 31.7 Å². The Labute approximate surface area is 148 Å². The van der Waals surface area contributed by atoms with Crippen LogP contribution in [0, 0.1) is 6.92 Å². The van der Waals surface area contributed by atoms with Gasteiger partial charge in [0.2, 0.25) is 0 Å². The molecule has 0 saturated carbocycles. The third-order valence-corrected chi connectivity index (χ3v) is 5.52. The van der Waals surface area contributed by atoms with Crippen LogP contribution in [0.5, 0.6) is 0 Å². The number of carbonyl (C=O) groups is 1. The van der Waals surface area contributed by atoms with E-state index in [1.807, 2.05) is 25.1 Å². The van der Waals surface area contributed by atoms with Crippen LogP contribution in [0.1, 0.15) is 15.9 Å². The van der Waals surface area contributed by atoms with Crippen molar-refractivity contribution < 1.29 is 13.2 Å². The molecule has 0 unspecified atom stereocenters. The Morgan fingerprint density at radius 2 is 1.80 bits per heavy atom. The molecule has 1 fully saturated rings. The van der Waals surface area contributed by atoms with Crippen molar-refractivity contribution in [2.24, 2.45) is 0 Å². The zero-order valence-corrected chi connectivity index (χ0v) is 15.2. The molecule has 0 N–H and O–H groups in total.